The number of unbranched alkanes of at least 4 members (excludes halogenated alkanes) is 1. The molecule has 0 radical (unpaired) electrons. The van der Waals surface area contributed by atoms with Gasteiger partial charge in [0.05, 0.1) is 0 Å². The monoisotopic (exact) mass is 128 g/mol. The van der Waals surface area contributed by atoms with Crippen LogP contribution in [0.2, 0.25) is 0 Å². The van der Waals surface area contributed by atoms with E-state index in [4.69, 9.17) is 5.84 Å². The van der Waals surface area contributed by atoms with Crippen molar-refractivity contribution in [2.75, 3.05) is 13.6 Å². The van der Waals surface area contributed by atoms with Crippen molar-refractivity contribution in [3.05, 3.63) is 12.2 Å². The Morgan fingerprint density at radius 3 is 2.56 bits per heavy atom. The molecular weight excluding hydrogens is 112 g/mol. The summed E-state index contributed by atoms with van der Waals surface area (Å²) in [5, 5.41) is 1.66. The second-order valence-corrected chi connectivity index (χ2v) is 2.20. The van der Waals surface area contributed by atoms with Crippen molar-refractivity contribution in [1.29, 1.82) is 0 Å². The Morgan fingerprint density at radius 2 is 2.11 bits per heavy atom. The van der Waals surface area contributed by atoms with Gasteiger partial charge in [-0.15, -0.1) is 0 Å². The molecule has 2 nitrogen and oxygen atoms in total. The van der Waals surface area contributed by atoms with E-state index in [0.29, 0.717) is 0 Å². The lowest BCUT2D eigenvalue weighted by atomic mass is 10.3. The summed E-state index contributed by atoms with van der Waals surface area (Å²) in [5.74, 6) is 5.36. The Bertz CT molecular complexity index is 77.0. The van der Waals surface area contributed by atoms with Crippen molar-refractivity contribution >= 4 is 0 Å². The molecule has 0 rings (SSSR count). The molecule has 54 valence electrons. The summed E-state index contributed by atoms with van der Waals surface area (Å²) in [7, 11) is 1.86. The van der Waals surface area contributed by atoms with Gasteiger partial charge in [0.1, 0.15) is 0 Å². The molecule has 0 aliphatic heterocycles. The van der Waals surface area contributed by atoms with E-state index in [-0.39, 0.29) is 0 Å². The normalized spacial score (nSPS) is 11.6. The fraction of sp³-hybridized carbons (Fsp3) is 0.714. The molecule has 0 aromatic heterocycles. The minimum atomic E-state index is 0.847. The number of likely N-dealkylation sites (N-methyl/N-ethyl adjacent to an activating group) is 1. The van der Waals surface area contributed by atoms with E-state index >= 15 is 0 Å². The zero-order valence-corrected chi connectivity index (χ0v) is 6.30. The van der Waals surface area contributed by atoms with Crippen molar-refractivity contribution in [2.24, 2.45) is 5.84 Å². The summed E-state index contributed by atoms with van der Waals surface area (Å²) in [4.78, 5) is 0. The van der Waals surface area contributed by atoms with Crippen LogP contribution in [-0.4, -0.2) is 18.6 Å². The van der Waals surface area contributed by atoms with Gasteiger partial charge in [-0.25, -0.2) is 5.01 Å². The molecule has 0 aromatic rings. The lowest BCUT2D eigenvalue weighted by Crippen LogP contribution is -2.25. The molecule has 9 heavy (non-hydrogen) atoms. The van der Waals surface area contributed by atoms with Gasteiger partial charge < -0.3 is 0 Å². The molecule has 0 aliphatic carbocycles. The largest absolute Gasteiger partial charge is 0.269 e. The number of hydrogen-bond donors (Lipinski definition) is 1. The Labute approximate surface area is 57.3 Å². The summed E-state index contributed by atoms with van der Waals surface area (Å²) in [5.41, 5.74) is 0. The molecule has 2 N–H and O–H groups in total. The highest BCUT2D eigenvalue weighted by Crippen LogP contribution is 1.87. The smallest absolute Gasteiger partial charge is 0.0306 e. The van der Waals surface area contributed by atoms with Gasteiger partial charge in [-0.2, -0.15) is 0 Å². The van der Waals surface area contributed by atoms with Crippen LogP contribution >= 0.6 is 0 Å². The molecule has 0 spiro atoms. The lowest BCUT2D eigenvalue weighted by molar-refractivity contribution is 0.389. The first-order valence-corrected chi connectivity index (χ1v) is 3.38. The molecule has 0 bridgehead atoms. The van der Waals surface area contributed by atoms with Crippen LogP contribution in [0.5, 0.6) is 0 Å². The second-order valence-electron chi connectivity index (χ2n) is 2.20. The van der Waals surface area contributed by atoms with Crippen LogP contribution in [0.4, 0.5) is 0 Å². The highest BCUT2D eigenvalue weighted by atomic mass is 15.4. The van der Waals surface area contributed by atoms with Gasteiger partial charge in [0, 0.05) is 13.6 Å². The van der Waals surface area contributed by atoms with Gasteiger partial charge in [0.25, 0.3) is 0 Å². The fourth-order valence-corrected chi connectivity index (χ4v) is 0.525. The average Bonchev–Trinajstić information content (AvgIpc) is 1.80. The molecule has 0 amide bonds. The van der Waals surface area contributed by atoms with Crippen LogP contribution in [0.15, 0.2) is 12.2 Å². The van der Waals surface area contributed by atoms with Crippen molar-refractivity contribution in [3.8, 4) is 0 Å². The average molecular weight is 128 g/mol. The molecule has 0 heterocycles. The SMILES string of the molecule is CCC/C=C\CN(C)N. The van der Waals surface area contributed by atoms with Gasteiger partial charge in [0.15, 0.2) is 0 Å². The summed E-state index contributed by atoms with van der Waals surface area (Å²) in [6, 6.07) is 0. The third-order valence-electron chi connectivity index (χ3n) is 1.02. The van der Waals surface area contributed by atoms with Crippen molar-refractivity contribution in [3.63, 3.8) is 0 Å². The third-order valence-corrected chi connectivity index (χ3v) is 1.02. The maximum absolute atomic E-state index is 5.36. The maximum Gasteiger partial charge on any atom is 0.0306 e. The Balaban J connectivity index is 3.04. The zero-order chi connectivity index (χ0) is 7.11. The first-order chi connectivity index (χ1) is 4.27. The second kappa shape index (κ2) is 5.79. The van der Waals surface area contributed by atoms with Crippen LogP contribution in [-0.2, 0) is 0 Å². The molecular formula is C7H16N2. The lowest BCUT2D eigenvalue weighted by Gasteiger charge is -2.02. The third kappa shape index (κ3) is 7.66. The summed E-state index contributed by atoms with van der Waals surface area (Å²) >= 11 is 0. The highest BCUT2D eigenvalue weighted by Gasteiger charge is 1.80. The molecule has 0 unspecified atom stereocenters. The number of hydrogen-bond acceptors (Lipinski definition) is 2. The van der Waals surface area contributed by atoms with Crippen LogP contribution in [0.25, 0.3) is 0 Å². The van der Waals surface area contributed by atoms with E-state index < -0.39 is 0 Å². The van der Waals surface area contributed by atoms with Gasteiger partial charge >= 0.3 is 0 Å². The number of allylic oxidation sites excluding steroid dienone is 1. The molecule has 0 atom stereocenters. The zero-order valence-electron chi connectivity index (χ0n) is 6.30. The highest BCUT2D eigenvalue weighted by molar-refractivity contribution is 4.82. The Kier molecular flexibility index (Phi) is 5.57. The minimum Gasteiger partial charge on any atom is -0.269 e. The molecule has 0 aromatic carbocycles. The minimum absolute atomic E-state index is 0.847. The van der Waals surface area contributed by atoms with Crippen molar-refractivity contribution in [2.45, 2.75) is 19.8 Å². The van der Waals surface area contributed by atoms with Gasteiger partial charge in [0.2, 0.25) is 0 Å². The number of nitrogens with two attached hydrogens (primary N) is 1. The van der Waals surface area contributed by atoms with E-state index in [1.165, 1.54) is 6.42 Å². The van der Waals surface area contributed by atoms with Gasteiger partial charge in [-0.1, -0.05) is 25.5 Å². The number of nitrogens with zero attached hydrogens (tertiary/aromatic N) is 1. The quantitative estimate of drug-likeness (QED) is 0.349. The molecule has 0 saturated carbocycles. The van der Waals surface area contributed by atoms with Gasteiger partial charge in [-0.3, -0.25) is 5.84 Å². The van der Waals surface area contributed by atoms with Gasteiger partial charge in [-0.05, 0) is 6.42 Å². The predicted octanol–water partition coefficient (Wildman–Crippen LogP) is 1.15. The maximum atomic E-state index is 5.36. The molecule has 0 saturated heterocycles. The topological polar surface area (TPSA) is 29.3 Å². The first kappa shape index (κ1) is 8.66. The molecule has 0 aliphatic rings. The van der Waals surface area contributed by atoms with E-state index in [9.17, 15) is 0 Å². The fourth-order valence-electron chi connectivity index (χ4n) is 0.525. The van der Waals surface area contributed by atoms with Crippen LogP contribution in [0.1, 0.15) is 19.8 Å². The Morgan fingerprint density at radius 1 is 1.44 bits per heavy atom. The van der Waals surface area contributed by atoms with Crippen molar-refractivity contribution < 1.29 is 0 Å². The summed E-state index contributed by atoms with van der Waals surface area (Å²) in [6.07, 6.45) is 6.62. The molecule has 0 fully saturated rings. The van der Waals surface area contributed by atoms with E-state index in [2.05, 4.69) is 19.1 Å². The molecule has 2 heteroatoms. The van der Waals surface area contributed by atoms with E-state index in [1.807, 2.05) is 7.05 Å². The van der Waals surface area contributed by atoms with Crippen LogP contribution in [0.3, 0.4) is 0 Å². The van der Waals surface area contributed by atoms with Crippen molar-refractivity contribution in [1.82, 2.24) is 5.01 Å². The van der Waals surface area contributed by atoms with E-state index in [0.717, 1.165) is 13.0 Å². The van der Waals surface area contributed by atoms with E-state index in [1.54, 1.807) is 5.01 Å². The number of hydrazine groups is 1. The predicted molar refractivity (Wildman–Crippen MR) is 40.9 cm³/mol. The summed E-state index contributed by atoms with van der Waals surface area (Å²) in [6.45, 7) is 3.01. The first-order valence-electron chi connectivity index (χ1n) is 3.38. The number of rotatable bonds is 4. The summed E-state index contributed by atoms with van der Waals surface area (Å²) < 4.78 is 0. The van der Waals surface area contributed by atoms with Crippen LogP contribution in [0, 0.1) is 0 Å². The standard InChI is InChI=1S/C7H16N2/c1-3-4-5-6-7-9(2)8/h5-6H,3-4,7-8H2,1-2H3/b6-5-. The Hall–Kier alpha value is -0.340. The van der Waals surface area contributed by atoms with Crippen LogP contribution < -0.4 is 5.84 Å².